The predicted molar refractivity (Wildman–Crippen MR) is 71.2 cm³/mol. The van der Waals surface area contributed by atoms with Crippen LogP contribution < -0.4 is 5.73 Å². The van der Waals surface area contributed by atoms with Crippen molar-refractivity contribution in [2.24, 2.45) is 5.73 Å². The molecule has 0 saturated carbocycles. The van der Waals surface area contributed by atoms with Gasteiger partial charge in [-0.3, -0.25) is 0 Å². The van der Waals surface area contributed by atoms with Crippen LogP contribution in [0.4, 0.5) is 0 Å². The number of rotatable bonds is 2. The van der Waals surface area contributed by atoms with E-state index in [9.17, 15) is 0 Å². The van der Waals surface area contributed by atoms with E-state index in [4.69, 9.17) is 15.2 Å². The number of ether oxygens (including phenoxy) is 2. The van der Waals surface area contributed by atoms with Gasteiger partial charge in [0.25, 0.3) is 0 Å². The maximum atomic E-state index is 5.86. The van der Waals surface area contributed by atoms with Gasteiger partial charge in [-0.1, -0.05) is 36.4 Å². The van der Waals surface area contributed by atoms with Gasteiger partial charge < -0.3 is 15.2 Å². The maximum absolute atomic E-state index is 5.86. The quantitative estimate of drug-likeness (QED) is 0.880. The normalized spacial score (nSPS) is 18.9. The zero-order chi connectivity index (χ0) is 12.4. The van der Waals surface area contributed by atoms with Crippen LogP contribution >= 0.6 is 0 Å². The van der Waals surface area contributed by atoms with Gasteiger partial charge in [0.1, 0.15) is 0 Å². The van der Waals surface area contributed by atoms with Crippen LogP contribution in [0.3, 0.4) is 0 Å². The minimum Gasteiger partial charge on any atom is -0.345 e. The average Bonchev–Trinajstić information content (AvgIpc) is 2.47. The second kappa shape index (κ2) is 4.69. The van der Waals surface area contributed by atoms with Crippen molar-refractivity contribution in [3.63, 3.8) is 0 Å². The van der Waals surface area contributed by atoms with Crippen LogP contribution in [0.25, 0.3) is 10.8 Å². The van der Waals surface area contributed by atoms with Crippen molar-refractivity contribution in [3.8, 4) is 0 Å². The van der Waals surface area contributed by atoms with Gasteiger partial charge in [-0.25, -0.2) is 0 Å². The Bertz CT molecular complexity index is 547. The second-order valence-electron chi connectivity index (χ2n) is 4.57. The second-order valence-corrected chi connectivity index (χ2v) is 4.57. The van der Waals surface area contributed by atoms with Crippen LogP contribution in [0, 0.1) is 0 Å². The molecule has 0 unspecified atom stereocenters. The van der Waals surface area contributed by atoms with E-state index in [-0.39, 0.29) is 0 Å². The molecule has 1 saturated heterocycles. The molecule has 0 atom stereocenters. The third-order valence-electron chi connectivity index (χ3n) is 3.42. The minimum absolute atomic E-state index is 0.339. The van der Waals surface area contributed by atoms with Crippen molar-refractivity contribution < 1.29 is 9.47 Å². The summed E-state index contributed by atoms with van der Waals surface area (Å²) >= 11 is 0. The Hall–Kier alpha value is -1.42. The average molecular weight is 243 g/mol. The van der Waals surface area contributed by atoms with Gasteiger partial charge in [0.05, 0.1) is 19.8 Å². The molecule has 3 nitrogen and oxygen atoms in total. The van der Waals surface area contributed by atoms with E-state index < -0.39 is 5.79 Å². The molecule has 0 aromatic heterocycles. The third kappa shape index (κ3) is 1.90. The van der Waals surface area contributed by atoms with Gasteiger partial charge in [-0.2, -0.15) is 0 Å². The summed E-state index contributed by atoms with van der Waals surface area (Å²) in [4.78, 5) is 0. The van der Waals surface area contributed by atoms with Crippen LogP contribution in [0.5, 0.6) is 0 Å². The number of hydrogen-bond donors (Lipinski definition) is 1. The van der Waals surface area contributed by atoms with E-state index in [1.807, 2.05) is 18.2 Å². The first-order valence-corrected chi connectivity index (χ1v) is 6.31. The molecular weight excluding hydrogens is 226 g/mol. The van der Waals surface area contributed by atoms with Crippen molar-refractivity contribution in [1.82, 2.24) is 0 Å². The Labute approximate surface area is 106 Å². The molecule has 0 bridgehead atoms. The van der Waals surface area contributed by atoms with Crippen molar-refractivity contribution in [3.05, 3.63) is 48.0 Å². The molecule has 0 radical (unpaired) electrons. The van der Waals surface area contributed by atoms with Gasteiger partial charge in [0, 0.05) is 5.56 Å². The molecule has 2 N–H and O–H groups in total. The highest BCUT2D eigenvalue weighted by atomic mass is 16.7. The van der Waals surface area contributed by atoms with E-state index >= 15 is 0 Å². The summed E-state index contributed by atoms with van der Waals surface area (Å²) in [5.41, 5.74) is 6.87. The fourth-order valence-corrected chi connectivity index (χ4v) is 2.40. The van der Waals surface area contributed by atoms with E-state index in [0.717, 1.165) is 12.0 Å². The van der Waals surface area contributed by atoms with Crippen LogP contribution in [-0.2, 0) is 15.3 Å². The molecule has 0 amide bonds. The summed E-state index contributed by atoms with van der Waals surface area (Å²) in [6.07, 6.45) is 0.926. The summed E-state index contributed by atoms with van der Waals surface area (Å²) in [6.45, 7) is 1.74. The molecule has 18 heavy (non-hydrogen) atoms. The van der Waals surface area contributed by atoms with Crippen molar-refractivity contribution in [1.29, 1.82) is 0 Å². The van der Waals surface area contributed by atoms with E-state index in [1.165, 1.54) is 10.8 Å². The van der Waals surface area contributed by atoms with Crippen LogP contribution in [0.1, 0.15) is 12.0 Å². The van der Waals surface area contributed by atoms with Crippen molar-refractivity contribution in [2.45, 2.75) is 12.2 Å². The molecule has 1 aliphatic rings. The first-order chi connectivity index (χ1) is 8.84. The molecule has 0 spiro atoms. The van der Waals surface area contributed by atoms with Gasteiger partial charge in [-0.05, 0) is 23.3 Å². The lowest BCUT2D eigenvalue weighted by Crippen LogP contribution is -2.44. The molecule has 94 valence electrons. The number of fused-ring (bicyclic) bond motifs is 1. The molecule has 1 fully saturated rings. The van der Waals surface area contributed by atoms with Crippen LogP contribution in [-0.4, -0.2) is 19.8 Å². The summed E-state index contributed by atoms with van der Waals surface area (Å²) in [7, 11) is 0. The molecule has 2 aromatic rings. The highest BCUT2D eigenvalue weighted by Crippen LogP contribution is 2.31. The van der Waals surface area contributed by atoms with Crippen molar-refractivity contribution >= 4 is 10.8 Å². The first-order valence-electron chi connectivity index (χ1n) is 6.31. The molecule has 1 aliphatic heterocycles. The maximum Gasteiger partial charge on any atom is 0.207 e. The smallest absolute Gasteiger partial charge is 0.207 e. The molecule has 3 heteroatoms. The Morgan fingerprint density at radius 3 is 2.44 bits per heavy atom. The Balaban J connectivity index is 2.06. The topological polar surface area (TPSA) is 44.5 Å². The molecular formula is C15H17NO2. The van der Waals surface area contributed by atoms with Crippen molar-refractivity contribution in [2.75, 3.05) is 19.8 Å². The van der Waals surface area contributed by atoms with Gasteiger partial charge in [0.2, 0.25) is 5.79 Å². The van der Waals surface area contributed by atoms with E-state index in [0.29, 0.717) is 19.8 Å². The summed E-state index contributed by atoms with van der Waals surface area (Å²) < 4.78 is 11.6. The third-order valence-corrected chi connectivity index (χ3v) is 3.42. The largest absolute Gasteiger partial charge is 0.345 e. The Morgan fingerprint density at radius 1 is 1.00 bits per heavy atom. The van der Waals surface area contributed by atoms with Crippen LogP contribution in [0.15, 0.2) is 42.5 Å². The molecule has 1 heterocycles. The standard InChI is InChI=1S/C15H17NO2/c16-11-15(17-8-3-9-18-15)14-7-6-12-4-1-2-5-13(12)10-14/h1-2,4-7,10H,3,8-9,11,16H2. The van der Waals surface area contributed by atoms with Gasteiger partial charge in [-0.15, -0.1) is 0 Å². The van der Waals surface area contributed by atoms with Gasteiger partial charge in [0.15, 0.2) is 0 Å². The zero-order valence-corrected chi connectivity index (χ0v) is 10.3. The monoisotopic (exact) mass is 243 g/mol. The van der Waals surface area contributed by atoms with Gasteiger partial charge >= 0.3 is 0 Å². The summed E-state index contributed by atoms with van der Waals surface area (Å²) in [6, 6.07) is 14.5. The predicted octanol–water partition coefficient (Wildman–Crippen LogP) is 2.39. The summed E-state index contributed by atoms with van der Waals surface area (Å²) in [5, 5.41) is 2.39. The lowest BCUT2D eigenvalue weighted by molar-refractivity contribution is -0.269. The lowest BCUT2D eigenvalue weighted by atomic mass is 10.0. The number of nitrogens with two attached hydrogens (primary N) is 1. The van der Waals surface area contributed by atoms with Crippen LogP contribution in [0.2, 0.25) is 0 Å². The molecule has 3 rings (SSSR count). The Morgan fingerprint density at radius 2 is 1.72 bits per heavy atom. The fraction of sp³-hybridized carbons (Fsp3) is 0.333. The molecule has 2 aromatic carbocycles. The highest BCUT2D eigenvalue weighted by molar-refractivity contribution is 5.83. The Kier molecular flexibility index (Phi) is 3.04. The first kappa shape index (κ1) is 11.7. The fourth-order valence-electron chi connectivity index (χ4n) is 2.40. The number of hydrogen-bond acceptors (Lipinski definition) is 3. The van der Waals surface area contributed by atoms with E-state index in [1.54, 1.807) is 0 Å². The highest BCUT2D eigenvalue weighted by Gasteiger charge is 2.35. The zero-order valence-electron chi connectivity index (χ0n) is 10.3. The summed E-state index contributed by atoms with van der Waals surface area (Å²) in [5.74, 6) is -0.762. The number of benzene rings is 2. The SMILES string of the molecule is NCC1(c2ccc3ccccc3c2)OCCCO1. The lowest BCUT2D eigenvalue weighted by Gasteiger charge is -2.36. The molecule has 0 aliphatic carbocycles. The van der Waals surface area contributed by atoms with E-state index in [2.05, 4.69) is 24.3 Å². The minimum atomic E-state index is -0.762.